The Morgan fingerprint density at radius 2 is 0.778 bits per heavy atom. The van der Waals surface area contributed by atoms with E-state index in [0.29, 0.717) is 10.7 Å². The van der Waals surface area contributed by atoms with Crippen LogP contribution in [0.3, 0.4) is 0 Å². The van der Waals surface area contributed by atoms with Crippen molar-refractivity contribution < 1.29 is 14.4 Å². The topological polar surface area (TPSA) is 129 Å². The summed E-state index contributed by atoms with van der Waals surface area (Å²) in [5, 5.41) is 0. The van der Waals surface area contributed by atoms with Crippen molar-refractivity contribution in [1.82, 2.24) is 0 Å². The molecule has 0 heterocycles. The number of primary amides is 3. The Kier molecular flexibility index (Phi) is 5.16. The fourth-order valence-electron chi connectivity index (χ4n) is 1.31. The van der Waals surface area contributed by atoms with Gasteiger partial charge in [0.05, 0.1) is 16.7 Å². The number of hydrogen-bond acceptors (Lipinski definition) is 3. The summed E-state index contributed by atoms with van der Waals surface area (Å²) in [6.07, 6.45) is 0. The molecule has 0 aliphatic carbocycles. The van der Waals surface area contributed by atoms with Gasteiger partial charge >= 0.3 is 0 Å². The average Bonchev–Trinajstić information content (AvgIpc) is 2.14. The van der Waals surface area contributed by atoms with Crippen molar-refractivity contribution in [1.29, 1.82) is 0 Å². The highest BCUT2D eigenvalue weighted by molar-refractivity contribution is 14.1. The normalized spacial score (nSPS) is 10.2. The second-order valence-corrected chi connectivity index (χ2v) is 6.40. The SMILES string of the molecule is NC(=O)c1c(I)c(C(N)=O)c(I)c(C(N)=O)c1I. The number of carbonyl (C=O) groups excluding carboxylic acids is 3. The monoisotopic (exact) mass is 585 g/mol. The number of halogens is 3. The summed E-state index contributed by atoms with van der Waals surface area (Å²) in [5.41, 5.74) is 16.0. The van der Waals surface area contributed by atoms with Gasteiger partial charge in [-0.25, -0.2) is 0 Å². The molecule has 0 fully saturated rings. The number of nitrogens with two attached hydrogens (primary N) is 3. The molecule has 0 bridgehead atoms. The van der Waals surface area contributed by atoms with Gasteiger partial charge in [-0.3, -0.25) is 14.4 Å². The van der Waals surface area contributed by atoms with Gasteiger partial charge in [0.25, 0.3) is 17.7 Å². The predicted molar refractivity (Wildman–Crippen MR) is 90.1 cm³/mol. The molecular formula is C9H6I3N3O3. The molecule has 0 aliphatic rings. The van der Waals surface area contributed by atoms with Crippen LogP contribution in [0.5, 0.6) is 0 Å². The van der Waals surface area contributed by atoms with Gasteiger partial charge in [0.2, 0.25) is 0 Å². The minimum atomic E-state index is -0.745. The van der Waals surface area contributed by atoms with Crippen molar-refractivity contribution in [3.63, 3.8) is 0 Å². The molecule has 0 radical (unpaired) electrons. The molecule has 1 rings (SSSR count). The van der Waals surface area contributed by atoms with Crippen molar-refractivity contribution >= 4 is 85.5 Å². The van der Waals surface area contributed by atoms with Crippen molar-refractivity contribution in [2.75, 3.05) is 0 Å². The number of benzene rings is 1. The van der Waals surface area contributed by atoms with Crippen LogP contribution in [-0.2, 0) is 0 Å². The summed E-state index contributed by atoms with van der Waals surface area (Å²) >= 11 is 5.40. The van der Waals surface area contributed by atoms with E-state index in [4.69, 9.17) is 17.2 Å². The van der Waals surface area contributed by atoms with E-state index in [1.54, 1.807) is 67.8 Å². The van der Waals surface area contributed by atoms with Crippen LogP contribution in [0.4, 0.5) is 0 Å². The Labute approximate surface area is 143 Å². The van der Waals surface area contributed by atoms with E-state index in [1.165, 1.54) is 0 Å². The number of amides is 3. The molecule has 0 spiro atoms. The second-order valence-electron chi connectivity index (χ2n) is 3.16. The maximum atomic E-state index is 11.4. The summed E-state index contributed by atoms with van der Waals surface area (Å²) in [6.45, 7) is 0. The minimum absolute atomic E-state index is 0.0826. The lowest BCUT2D eigenvalue weighted by atomic mass is 10.0. The minimum Gasteiger partial charge on any atom is -0.366 e. The van der Waals surface area contributed by atoms with Crippen LogP contribution in [0.25, 0.3) is 0 Å². The molecule has 0 aliphatic heterocycles. The lowest BCUT2D eigenvalue weighted by Gasteiger charge is -2.14. The highest BCUT2D eigenvalue weighted by Crippen LogP contribution is 2.31. The molecule has 1 aromatic carbocycles. The molecule has 6 nitrogen and oxygen atoms in total. The van der Waals surface area contributed by atoms with E-state index in [9.17, 15) is 14.4 Å². The largest absolute Gasteiger partial charge is 0.366 e. The van der Waals surface area contributed by atoms with E-state index in [2.05, 4.69) is 0 Å². The van der Waals surface area contributed by atoms with Crippen LogP contribution in [-0.4, -0.2) is 17.7 Å². The van der Waals surface area contributed by atoms with E-state index in [1.807, 2.05) is 0 Å². The van der Waals surface area contributed by atoms with E-state index >= 15 is 0 Å². The number of hydrogen-bond donors (Lipinski definition) is 3. The molecule has 3 amide bonds. The van der Waals surface area contributed by atoms with Gasteiger partial charge in [-0.05, 0) is 67.8 Å². The van der Waals surface area contributed by atoms with Crippen LogP contribution in [0.15, 0.2) is 0 Å². The second kappa shape index (κ2) is 5.85. The first kappa shape index (κ1) is 15.9. The van der Waals surface area contributed by atoms with Gasteiger partial charge in [0, 0.05) is 10.7 Å². The summed E-state index contributed by atoms with van der Waals surface area (Å²) in [4.78, 5) is 34.2. The van der Waals surface area contributed by atoms with Gasteiger partial charge < -0.3 is 17.2 Å². The van der Waals surface area contributed by atoms with Crippen molar-refractivity contribution in [3.8, 4) is 0 Å². The maximum Gasteiger partial charge on any atom is 0.250 e. The zero-order valence-electron chi connectivity index (χ0n) is 8.59. The molecule has 0 unspecified atom stereocenters. The zero-order chi connectivity index (χ0) is 14.2. The Bertz CT molecular complexity index is 484. The molecule has 0 saturated heterocycles. The van der Waals surface area contributed by atoms with Gasteiger partial charge in [-0.15, -0.1) is 0 Å². The first-order chi connectivity index (χ1) is 8.20. The highest BCUT2D eigenvalue weighted by Gasteiger charge is 2.27. The third-order valence-corrected chi connectivity index (χ3v) is 5.29. The Morgan fingerprint density at radius 1 is 0.611 bits per heavy atom. The van der Waals surface area contributed by atoms with E-state index in [0.717, 1.165) is 0 Å². The Balaban J connectivity index is 3.94. The lowest BCUT2D eigenvalue weighted by molar-refractivity contribution is 0.0998. The van der Waals surface area contributed by atoms with E-state index < -0.39 is 17.7 Å². The maximum absolute atomic E-state index is 11.4. The molecule has 1 aromatic rings. The lowest BCUT2D eigenvalue weighted by Crippen LogP contribution is -2.26. The van der Waals surface area contributed by atoms with Crippen LogP contribution < -0.4 is 17.2 Å². The molecule has 96 valence electrons. The van der Waals surface area contributed by atoms with Crippen molar-refractivity contribution in [2.24, 2.45) is 17.2 Å². The molecule has 9 heteroatoms. The first-order valence-electron chi connectivity index (χ1n) is 4.30. The molecule has 6 N–H and O–H groups in total. The molecule has 18 heavy (non-hydrogen) atoms. The van der Waals surface area contributed by atoms with Gasteiger partial charge in [-0.2, -0.15) is 0 Å². The van der Waals surface area contributed by atoms with Crippen LogP contribution >= 0.6 is 67.8 Å². The summed E-state index contributed by atoms with van der Waals surface area (Å²) < 4.78 is 0.976. The van der Waals surface area contributed by atoms with Crippen LogP contribution in [0.1, 0.15) is 31.1 Å². The fraction of sp³-hybridized carbons (Fsp3) is 0. The number of rotatable bonds is 3. The van der Waals surface area contributed by atoms with Gasteiger partial charge in [0.15, 0.2) is 0 Å². The Morgan fingerprint density at radius 3 is 0.889 bits per heavy atom. The Hall–Kier alpha value is -0.180. The van der Waals surface area contributed by atoms with Crippen molar-refractivity contribution in [3.05, 3.63) is 27.4 Å². The summed E-state index contributed by atoms with van der Waals surface area (Å²) in [5.74, 6) is -2.24. The van der Waals surface area contributed by atoms with Gasteiger partial charge in [-0.1, -0.05) is 0 Å². The van der Waals surface area contributed by atoms with E-state index in [-0.39, 0.29) is 16.7 Å². The zero-order valence-corrected chi connectivity index (χ0v) is 15.1. The summed E-state index contributed by atoms with van der Waals surface area (Å²) in [6, 6.07) is 0. The van der Waals surface area contributed by atoms with Gasteiger partial charge in [0.1, 0.15) is 0 Å². The van der Waals surface area contributed by atoms with Crippen LogP contribution in [0, 0.1) is 10.7 Å². The molecule has 0 saturated carbocycles. The van der Waals surface area contributed by atoms with Crippen LogP contribution in [0.2, 0.25) is 0 Å². The molecule has 0 atom stereocenters. The predicted octanol–water partition coefficient (Wildman–Crippen LogP) is 0.797. The number of carbonyl (C=O) groups is 3. The fourth-order valence-corrected chi connectivity index (χ4v) is 6.07. The quantitative estimate of drug-likeness (QED) is 0.455. The first-order valence-corrected chi connectivity index (χ1v) is 7.53. The average molecular weight is 585 g/mol. The molecular weight excluding hydrogens is 579 g/mol. The smallest absolute Gasteiger partial charge is 0.250 e. The third kappa shape index (κ3) is 2.71. The molecule has 0 aromatic heterocycles. The standard InChI is InChI=1S/C9H6I3N3O3/c10-4-1(7(13)16)5(11)3(9(15)18)6(12)2(4)8(14)17/h(H2,13,16)(H2,14,17)(H2,15,18). The summed E-state index contributed by atoms with van der Waals surface area (Å²) in [7, 11) is 0. The highest BCUT2D eigenvalue weighted by atomic mass is 127. The third-order valence-electron chi connectivity index (χ3n) is 2.06. The van der Waals surface area contributed by atoms with Crippen molar-refractivity contribution in [2.45, 2.75) is 0 Å².